The first-order chi connectivity index (χ1) is 7.29. The summed E-state index contributed by atoms with van der Waals surface area (Å²) in [5, 5.41) is 0. The Morgan fingerprint density at radius 2 is 1.73 bits per heavy atom. The lowest BCUT2D eigenvalue weighted by atomic mass is 10.1. The molecule has 79 valence electrons. The summed E-state index contributed by atoms with van der Waals surface area (Å²) in [7, 11) is 0. The van der Waals surface area contributed by atoms with E-state index in [1.165, 1.54) is 18.2 Å². The first kappa shape index (κ1) is 13.1. The molecule has 0 bridgehead atoms. The van der Waals surface area contributed by atoms with Crippen LogP contribution < -0.4 is 0 Å². The number of hydrogen-bond donors (Lipinski definition) is 0. The first-order valence-corrected chi connectivity index (χ1v) is 4.39. The molecular formula is C9H10N3O3. The van der Waals surface area contributed by atoms with Gasteiger partial charge in [-0.3, -0.25) is 0 Å². The monoisotopic (exact) mass is 208 g/mol. The normalized spacial score (nSPS) is 10.8. The van der Waals surface area contributed by atoms with E-state index < -0.39 is 6.04 Å². The van der Waals surface area contributed by atoms with E-state index in [0.717, 1.165) is 12.8 Å². The van der Waals surface area contributed by atoms with Gasteiger partial charge in [-0.15, -0.1) is 0 Å². The predicted octanol–water partition coefficient (Wildman–Crippen LogP) is 1.04. The Balaban J connectivity index is 4.72. The zero-order valence-electron chi connectivity index (χ0n) is 8.27. The average Bonchev–Trinajstić information content (AvgIpc) is 2.24. The topological polar surface area (TPSA) is 88.3 Å². The van der Waals surface area contributed by atoms with Crippen LogP contribution in [0.4, 0.5) is 0 Å². The first-order valence-electron chi connectivity index (χ1n) is 4.39. The van der Waals surface area contributed by atoms with Crippen molar-refractivity contribution in [2.45, 2.75) is 32.2 Å². The number of hydrogen-bond acceptors (Lipinski definition) is 6. The van der Waals surface area contributed by atoms with Crippen LogP contribution in [0.2, 0.25) is 0 Å². The molecule has 1 atom stereocenters. The summed E-state index contributed by atoms with van der Waals surface area (Å²) >= 11 is 0. The maximum absolute atomic E-state index is 10.1. The van der Waals surface area contributed by atoms with Crippen molar-refractivity contribution in [3.05, 3.63) is 6.17 Å². The summed E-state index contributed by atoms with van der Waals surface area (Å²) in [6.45, 7) is 1.95. The molecule has 0 aliphatic heterocycles. The van der Waals surface area contributed by atoms with Gasteiger partial charge < -0.3 is 0 Å². The fraction of sp³-hybridized carbons (Fsp3) is 0.556. The molecule has 0 aromatic rings. The van der Waals surface area contributed by atoms with Crippen LogP contribution in [-0.4, -0.2) is 24.3 Å². The molecule has 6 heteroatoms. The van der Waals surface area contributed by atoms with E-state index in [1.54, 1.807) is 0 Å². The third kappa shape index (κ3) is 5.45. The number of unbranched alkanes of at least 4 members (excludes halogenated alkanes) is 1. The highest BCUT2D eigenvalue weighted by atomic mass is 16.1. The van der Waals surface area contributed by atoms with Crippen LogP contribution in [0.25, 0.3) is 0 Å². The lowest BCUT2D eigenvalue weighted by Gasteiger charge is -2.09. The highest BCUT2D eigenvalue weighted by Gasteiger charge is 2.21. The predicted molar refractivity (Wildman–Crippen MR) is 50.9 cm³/mol. The maximum atomic E-state index is 10.1. The molecule has 0 heterocycles. The van der Waals surface area contributed by atoms with Crippen LogP contribution in [0.1, 0.15) is 26.2 Å². The standard InChI is InChI=1S/C9H10N3O3/c1-2-3-4-8(10-5-13)9(11-6-14)12-7-15/h8H,2-4H2,1H3. The molecule has 0 aliphatic rings. The van der Waals surface area contributed by atoms with Gasteiger partial charge in [-0.05, 0) is 6.42 Å². The summed E-state index contributed by atoms with van der Waals surface area (Å²) in [5.74, 6) is 0. The molecule has 15 heavy (non-hydrogen) atoms. The Morgan fingerprint density at radius 3 is 2.13 bits per heavy atom. The maximum Gasteiger partial charge on any atom is 0.245 e. The summed E-state index contributed by atoms with van der Waals surface area (Å²) < 4.78 is 0. The van der Waals surface area contributed by atoms with Gasteiger partial charge in [0.25, 0.3) is 0 Å². The molecule has 0 N–H and O–H groups in total. The van der Waals surface area contributed by atoms with Gasteiger partial charge in [-0.2, -0.15) is 15.0 Å². The molecule has 0 saturated carbocycles. The Labute approximate surface area is 86.8 Å². The van der Waals surface area contributed by atoms with Crippen LogP contribution in [0.3, 0.4) is 0 Å². The van der Waals surface area contributed by atoms with E-state index in [1.807, 2.05) is 6.92 Å². The molecule has 0 fully saturated rings. The number of nitrogens with zero attached hydrogens (tertiary/aromatic N) is 3. The summed E-state index contributed by atoms with van der Waals surface area (Å²) in [6.07, 6.45) is 5.80. The van der Waals surface area contributed by atoms with Gasteiger partial charge in [0.15, 0.2) is 0 Å². The number of carbonyl (C=O) groups excluding carboxylic acids is 3. The average molecular weight is 208 g/mol. The number of isocyanates is 3. The van der Waals surface area contributed by atoms with Crippen LogP contribution in [0.5, 0.6) is 0 Å². The molecule has 0 saturated heterocycles. The third-order valence-corrected chi connectivity index (χ3v) is 1.66. The molecule has 6 nitrogen and oxygen atoms in total. The van der Waals surface area contributed by atoms with Crippen molar-refractivity contribution < 1.29 is 14.4 Å². The Hall–Kier alpha value is -1.86. The Kier molecular flexibility index (Phi) is 7.64. The van der Waals surface area contributed by atoms with Crippen molar-refractivity contribution in [1.29, 1.82) is 0 Å². The molecular weight excluding hydrogens is 198 g/mol. The number of aliphatic imine (C=N–C) groups is 3. The van der Waals surface area contributed by atoms with Crippen molar-refractivity contribution in [2.75, 3.05) is 0 Å². The summed E-state index contributed by atoms with van der Waals surface area (Å²) in [6, 6.07) is -0.717. The lowest BCUT2D eigenvalue weighted by Crippen LogP contribution is -2.13. The second-order valence-corrected chi connectivity index (χ2v) is 2.64. The lowest BCUT2D eigenvalue weighted by molar-refractivity contribution is 0.528. The quantitative estimate of drug-likeness (QED) is 0.462. The smallest absolute Gasteiger partial charge is 0.211 e. The van der Waals surface area contributed by atoms with E-state index in [4.69, 9.17) is 0 Å². The van der Waals surface area contributed by atoms with Gasteiger partial charge in [0.1, 0.15) is 6.04 Å². The molecule has 0 amide bonds. The van der Waals surface area contributed by atoms with Crippen molar-refractivity contribution >= 4 is 18.2 Å². The molecule has 1 radical (unpaired) electrons. The fourth-order valence-corrected chi connectivity index (χ4v) is 0.980. The van der Waals surface area contributed by atoms with Gasteiger partial charge in [0.05, 0.1) is 0 Å². The Bertz CT molecular complexity index is 305. The van der Waals surface area contributed by atoms with Gasteiger partial charge >= 0.3 is 0 Å². The second-order valence-electron chi connectivity index (χ2n) is 2.64. The molecule has 0 spiro atoms. The Morgan fingerprint density at radius 1 is 1.13 bits per heavy atom. The SMILES string of the molecule is CCCCC(N=C=O)[C](N=C=O)N=C=O. The van der Waals surface area contributed by atoms with Crippen LogP contribution in [-0.2, 0) is 14.4 Å². The van der Waals surface area contributed by atoms with Crippen molar-refractivity contribution in [1.82, 2.24) is 0 Å². The van der Waals surface area contributed by atoms with Crippen LogP contribution in [0, 0.1) is 6.17 Å². The summed E-state index contributed by atoms with van der Waals surface area (Å²) in [5.41, 5.74) is 0. The van der Waals surface area contributed by atoms with Crippen LogP contribution in [0.15, 0.2) is 15.0 Å². The highest BCUT2D eigenvalue weighted by Crippen LogP contribution is 2.18. The van der Waals surface area contributed by atoms with Gasteiger partial charge in [-0.1, -0.05) is 19.8 Å². The van der Waals surface area contributed by atoms with E-state index in [-0.39, 0.29) is 6.17 Å². The largest absolute Gasteiger partial charge is 0.245 e. The van der Waals surface area contributed by atoms with Gasteiger partial charge in [-0.25, -0.2) is 14.4 Å². The van der Waals surface area contributed by atoms with E-state index >= 15 is 0 Å². The van der Waals surface area contributed by atoms with E-state index in [9.17, 15) is 14.4 Å². The van der Waals surface area contributed by atoms with E-state index in [0.29, 0.717) is 6.42 Å². The zero-order valence-corrected chi connectivity index (χ0v) is 8.27. The van der Waals surface area contributed by atoms with E-state index in [2.05, 4.69) is 15.0 Å². The molecule has 0 rings (SSSR count). The van der Waals surface area contributed by atoms with Gasteiger partial charge in [0.2, 0.25) is 24.4 Å². The minimum absolute atomic E-state index is 0.156. The zero-order chi connectivity index (χ0) is 11.5. The van der Waals surface area contributed by atoms with Gasteiger partial charge in [0, 0.05) is 0 Å². The number of rotatable bonds is 7. The summed E-state index contributed by atoms with van der Waals surface area (Å²) in [4.78, 5) is 40.0. The highest BCUT2D eigenvalue weighted by molar-refractivity contribution is 5.42. The fourth-order valence-electron chi connectivity index (χ4n) is 0.980. The van der Waals surface area contributed by atoms with Crippen molar-refractivity contribution in [3.63, 3.8) is 0 Å². The third-order valence-electron chi connectivity index (χ3n) is 1.66. The van der Waals surface area contributed by atoms with Crippen LogP contribution >= 0.6 is 0 Å². The molecule has 1 unspecified atom stereocenters. The second kappa shape index (κ2) is 8.73. The molecule has 0 aromatic carbocycles. The minimum atomic E-state index is -0.717. The molecule has 0 aromatic heterocycles. The molecule has 0 aliphatic carbocycles. The van der Waals surface area contributed by atoms with Crippen molar-refractivity contribution in [3.8, 4) is 0 Å². The minimum Gasteiger partial charge on any atom is -0.211 e. The van der Waals surface area contributed by atoms with Crippen molar-refractivity contribution in [2.24, 2.45) is 15.0 Å².